The van der Waals surface area contributed by atoms with Gasteiger partial charge in [0.25, 0.3) is 5.91 Å². The molecule has 2 rings (SSSR count). The summed E-state index contributed by atoms with van der Waals surface area (Å²) in [6, 6.07) is 4.59. The van der Waals surface area contributed by atoms with Crippen molar-refractivity contribution in [3.63, 3.8) is 0 Å². The molecule has 0 aromatic heterocycles. The summed E-state index contributed by atoms with van der Waals surface area (Å²) in [6.07, 6.45) is 1.97. The molecule has 0 saturated carbocycles. The van der Waals surface area contributed by atoms with Crippen molar-refractivity contribution >= 4 is 15.9 Å². The third kappa shape index (κ3) is 3.31. The largest absolute Gasteiger partial charge is 0.334 e. The van der Waals surface area contributed by atoms with Gasteiger partial charge >= 0.3 is 0 Å². The molecule has 0 spiro atoms. The Balaban J connectivity index is 2.37. The second-order valence-electron chi connectivity index (χ2n) is 5.95. The molecular weight excluding hydrogens is 302 g/mol. The minimum atomic E-state index is -3.85. The number of carbonyl (C=O) groups is 1. The lowest BCUT2D eigenvalue weighted by Crippen LogP contribution is -2.51. The molecule has 2 atom stereocenters. The standard InChI is InChI=1S/C15H23N3O3S/c1-10-4-3-7-18(13(10)9-16)15(19)12-6-5-11(2)14(8-12)22(17,20)21/h5-6,8,10,13H,3-4,7,9,16H2,1-2H3,(H2,17,20,21)/t10-,13-/m0/s1. The number of benzene rings is 1. The Labute approximate surface area is 131 Å². The van der Waals surface area contributed by atoms with E-state index in [0.29, 0.717) is 30.1 Å². The van der Waals surface area contributed by atoms with Crippen LogP contribution in [0.1, 0.15) is 35.7 Å². The topological polar surface area (TPSA) is 106 Å². The first-order chi connectivity index (χ1) is 10.3. The number of aryl methyl sites for hydroxylation is 1. The van der Waals surface area contributed by atoms with Crippen LogP contribution in [0.2, 0.25) is 0 Å². The first kappa shape index (κ1) is 16.9. The number of hydrogen-bond acceptors (Lipinski definition) is 4. The molecule has 22 heavy (non-hydrogen) atoms. The summed E-state index contributed by atoms with van der Waals surface area (Å²) in [6.45, 7) is 4.78. The van der Waals surface area contributed by atoms with Gasteiger partial charge in [-0.15, -0.1) is 0 Å². The van der Waals surface area contributed by atoms with Gasteiger partial charge in [0.05, 0.1) is 4.90 Å². The van der Waals surface area contributed by atoms with Gasteiger partial charge in [-0.05, 0) is 43.4 Å². The number of primary sulfonamides is 1. The first-order valence-electron chi connectivity index (χ1n) is 7.40. The van der Waals surface area contributed by atoms with Crippen LogP contribution >= 0.6 is 0 Å². The summed E-state index contributed by atoms with van der Waals surface area (Å²) in [7, 11) is -3.85. The highest BCUT2D eigenvalue weighted by Gasteiger charge is 2.31. The van der Waals surface area contributed by atoms with E-state index in [4.69, 9.17) is 10.9 Å². The first-order valence-corrected chi connectivity index (χ1v) is 8.95. The number of rotatable bonds is 3. The molecule has 1 aromatic rings. The smallest absolute Gasteiger partial charge is 0.254 e. The Morgan fingerprint density at radius 1 is 1.41 bits per heavy atom. The number of piperidine rings is 1. The third-order valence-corrected chi connectivity index (χ3v) is 5.41. The number of carbonyl (C=O) groups excluding carboxylic acids is 1. The van der Waals surface area contributed by atoms with Crippen molar-refractivity contribution in [2.45, 2.75) is 37.6 Å². The molecular formula is C15H23N3O3S. The molecule has 0 bridgehead atoms. The second kappa shape index (κ2) is 6.36. The normalized spacial score (nSPS) is 22.6. The molecule has 0 unspecified atom stereocenters. The molecule has 0 aliphatic carbocycles. The van der Waals surface area contributed by atoms with Gasteiger partial charge in [0.15, 0.2) is 0 Å². The third-order valence-electron chi connectivity index (χ3n) is 4.36. The minimum Gasteiger partial charge on any atom is -0.334 e. The maximum absolute atomic E-state index is 12.7. The monoisotopic (exact) mass is 325 g/mol. The molecule has 7 heteroatoms. The number of likely N-dealkylation sites (tertiary alicyclic amines) is 1. The average Bonchev–Trinajstić information content (AvgIpc) is 2.45. The lowest BCUT2D eigenvalue weighted by Gasteiger charge is -2.39. The molecule has 0 radical (unpaired) electrons. The summed E-state index contributed by atoms with van der Waals surface area (Å²) >= 11 is 0. The maximum Gasteiger partial charge on any atom is 0.254 e. The van der Waals surface area contributed by atoms with Crippen LogP contribution < -0.4 is 10.9 Å². The van der Waals surface area contributed by atoms with Crippen molar-refractivity contribution in [2.24, 2.45) is 16.8 Å². The molecule has 1 saturated heterocycles. The maximum atomic E-state index is 12.7. The molecule has 1 aromatic carbocycles. The van der Waals surface area contributed by atoms with Crippen molar-refractivity contribution < 1.29 is 13.2 Å². The van der Waals surface area contributed by atoms with E-state index in [0.717, 1.165) is 12.8 Å². The summed E-state index contributed by atoms with van der Waals surface area (Å²) in [5.74, 6) is 0.151. The van der Waals surface area contributed by atoms with E-state index >= 15 is 0 Å². The molecule has 1 amide bonds. The molecule has 4 N–H and O–H groups in total. The fourth-order valence-corrected chi connectivity index (χ4v) is 3.87. The van der Waals surface area contributed by atoms with Crippen molar-refractivity contribution in [2.75, 3.05) is 13.1 Å². The van der Waals surface area contributed by atoms with Crippen LogP contribution in [0.3, 0.4) is 0 Å². The lowest BCUT2D eigenvalue weighted by molar-refractivity contribution is 0.0532. The van der Waals surface area contributed by atoms with Crippen molar-refractivity contribution in [1.29, 1.82) is 0 Å². The van der Waals surface area contributed by atoms with E-state index < -0.39 is 10.0 Å². The number of nitrogens with two attached hydrogens (primary N) is 2. The zero-order valence-electron chi connectivity index (χ0n) is 13.0. The van der Waals surface area contributed by atoms with Gasteiger partial charge < -0.3 is 10.6 Å². The van der Waals surface area contributed by atoms with Crippen LogP contribution in [0.4, 0.5) is 0 Å². The van der Waals surface area contributed by atoms with Crippen LogP contribution in [-0.2, 0) is 10.0 Å². The molecule has 1 aliphatic rings. The molecule has 1 fully saturated rings. The van der Waals surface area contributed by atoms with Gasteiger partial charge in [0.1, 0.15) is 0 Å². The predicted octanol–water partition coefficient (Wildman–Crippen LogP) is 0.842. The van der Waals surface area contributed by atoms with E-state index in [2.05, 4.69) is 6.92 Å². The summed E-state index contributed by atoms with van der Waals surface area (Å²) in [5, 5.41) is 5.21. The van der Waals surface area contributed by atoms with Crippen molar-refractivity contribution in [1.82, 2.24) is 4.90 Å². The average molecular weight is 325 g/mol. The Kier molecular flexibility index (Phi) is 4.89. The fraction of sp³-hybridized carbons (Fsp3) is 0.533. The van der Waals surface area contributed by atoms with E-state index in [1.807, 2.05) is 0 Å². The fourth-order valence-electron chi connectivity index (χ4n) is 3.07. The van der Waals surface area contributed by atoms with E-state index in [1.165, 1.54) is 6.07 Å². The lowest BCUT2D eigenvalue weighted by atomic mass is 9.90. The van der Waals surface area contributed by atoms with Crippen LogP contribution in [0.5, 0.6) is 0 Å². The van der Waals surface area contributed by atoms with Gasteiger partial charge in [0, 0.05) is 24.7 Å². The van der Waals surface area contributed by atoms with Gasteiger partial charge in [-0.1, -0.05) is 13.0 Å². The number of sulfonamides is 1. The zero-order valence-corrected chi connectivity index (χ0v) is 13.8. The molecule has 1 aliphatic heterocycles. The highest BCUT2D eigenvalue weighted by Crippen LogP contribution is 2.25. The second-order valence-corrected chi connectivity index (χ2v) is 7.48. The molecule has 6 nitrogen and oxygen atoms in total. The number of nitrogens with zero attached hydrogens (tertiary/aromatic N) is 1. The van der Waals surface area contributed by atoms with Gasteiger partial charge in [-0.25, -0.2) is 13.6 Å². The van der Waals surface area contributed by atoms with Crippen molar-refractivity contribution in [3.05, 3.63) is 29.3 Å². The highest BCUT2D eigenvalue weighted by atomic mass is 32.2. The highest BCUT2D eigenvalue weighted by molar-refractivity contribution is 7.89. The van der Waals surface area contributed by atoms with Gasteiger partial charge in [0.2, 0.25) is 10.0 Å². The Morgan fingerprint density at radius 2 is 2.09 bits per heavy atom. The number of hydrogen-bond donors (Lipinski definition) is 2. The van der Waals surface area contributed by atoms with Gasteiger partial charge in [-0.3, -0.25) is 4.79 Å². The number of amides is 1. The molecule has 1 heterocycles. The Bertz CT molecular complexity index is 673. The van der Waals surface area contributed by atoms with E-state index in [1.54, 1.807) is 24.0 Å². The summed E-state index contributed by atoms with van der Waals surface area (Å²) in [4.78, 5) is 14.5. The van der Waals surface area contributed by atoms with Gasteiger partial charge in [-0.2, -0.15) is 0 Å². The van der Waals surface area contributed by atoms with Crippen LogP contribution in [0.15, 0.2) is 23.1 Å². The Morgan fingerprint density at radius 3 is 2.68 bits per heavy atom. The molecule has 122 valence electrons. The summed E-state index contributed by atoms with van der Waals surface area (Å²) in [5.41, 5.74) is 6.68. The SMILES string of the molecule is Cc1ccc(C(=O)N2CCC[C@H](C)[C@@H]2CN)cc1S(N)(=O)=O. The predicted molar refractivity (Wildman–Crippen MR) is 84.8 cm³/mol. The van der Waals surface area contributed by atoms with Crippen LogP contribution in [-0.4, -0.2) is 38.4 Å². The van der Waals surface area contributed by atoms with E-state index in [-0.39, 0.29) is 16.8 Å². The zero-order chi connectivity index (χ0) is 16.5. The van der Waals surface area contributed by atoms with Crippen LogP contribution in [0.25, 0.3) is 0 Å². The van der Waals surface area contributed by atoms with E-state index in [9.17, 15) is 13.2 Å². The van der Waals surface area contributed by atoms with Crippen molar-refractivity contribution in [3.8, 4) is 0 Å². The van der Waals surface area contributed by atoms with Crippen LogP contribution in [0, 0.1) is 12.8 Å². The Hall–Kier alpha value is -1.44. The minimum absolute atomic E-state index is 0.00675. The summed E-state index contributed by atoms with van der Waals surface area (Å²) < 4.78 is 23.2. The quantitative estimate of drug-likeness (QED) is 0.858.